The van der Waals surface area contributed by atoms with Gasteiger partial charge in [-0.05, 0) is 67.4 Å². The van der Waals surface area contributed by atoms with Crippen molar-refractivity contribution in [3.05, 3.63) is 70.7 Å². The van der Waals surface area contributed by atoms with Gasteiger partial charge in [0.25, 0.3) is 0 Å². The fraction of sp³-hybridized carbons (Fsp3) is 0.429. The summed E-state index contributed by atoms with van der Waals surface area (Å²) in [6, 6.07) is 14.7. The van der Waals surface area contributed by atoms with Gasteiger partial charge in [0.1, 0.15) is 6.42 Å². The highest BCUT2D eigenvalue weighted by molar-refractivity contribution is 6.02. The predicted molar refractivity (Wildman–Crippen MR) is 217 cm³/mol. The van der Waals surface area contributed by atoms with E-state index in [-0.39, 0.29) is 23.2 Å². The number of amides is 2. The van der Waals surface area contributed by atoms with Crippen LogP contribution in [0.3, 0.4) is 0 Å². The van der Waals surface area contributed by atoms with Crippen LogP contribution in [-0.2, 0) is 30.0 Å². The molecular formula is C42H52N10O4. The smallest absolute Gasteiger partial charge is 0.315 e. The lowest BCUT2D eigenvalue weighted by Gasteiger charge is -2.18. The van der Waals surface area contributed by atoms with Crippen molar-refractivity contribution >= 4 is 46.5 Å². The number of hydrogen-bond acceptors (Lipinski definition) is 9. The fourth-order valence-corrected chi connectivity index (χ4v) is 6.31. The van der Waals surface area contributed by atoms with E-state index in [1.807, 2.05) is 43.3 Å². The predicted octanol–water partition coefficient (Wildman–Crippen LogP) is 7.16. The van der Waals surface area contributed by atoms with Crippen molar-refractivity contribution in [1.82, 2.24) is 39.6 Å². The highest BCUT2D eigenvalue weighted by atomic mass is 16.5. The second-order valence-corrected chi connectivity index (χ2v) is 16.2. The molecule has 0 fully saturated rings. The number of anilines is 2. The lowest BCUT2D eigenvalue weighted by atomic mass is 9.88. The van der Waals surface area contributed by atoms with Crippen LogP contribution >= 0.6 is 0 Å². The Kier molecular flexibility index (Phi) is 11.7. The summed E-state index contributed by atoms with van der Waals surface area (Å²) in [5, 5.41) is 24.5. The molecule has 4 aromatic heterocycles. The van der Waals surface area contributed by atoms with Gasteiger partial charge < -0.3 is 15.4 Å². The lowest BCUT2D eigenvalue weighted by molar-refractivity contribution is -0.145. The molecule has 294 valence electrons. The number of aromatic nitrogens is 8. The van der Waals surface area contributed by atoms with Gasteiger partial charge in [0.15, 0.2) is 22.9 Å². The van der Waals surface area contributed by atoms with Crippen LogP contribution in [-0.4, -0.2) is 64.0 Å². The summed E-state index contributed by atoms with van der Waals surface area (Å²) in [4.78, 5) is 46.7. The Morgan fingerprint density at radius 3 is 1.91 bits per heavy atom. The quantitative estimate of drug-likeness (QED) is 0.0591. The van der Waals surface area contributed by atoms with Crippen molar-refractivity contribution in [3.63, 3.8) is 0 Å². The Balaban J connectivity index is 1.31. The normalized spacial score (nSPS) is 12.5. The summed E-state index contributed by atoms with van der Waals surface area (Å²) in [5.41, 5.74) is 6.10. The molecule has 3 N–H and O–H groups in total. The zero-order chi connectivity index (χ0) is 40.2. The molecule has 0 aliphatic heterocycles. The van der Waals surface area contributed by atoms with Crippen LogP contribution < -0.4 is 15.9 Å². The molecule has 0 saturated carbocycles. The van der Waals surface area contributed by atoms with E-state index >= 15 is 0 Å². The minimum absolute atomic E-state index is 0.00953. The average molecular weight is 761 g/mol. The van der Waals surface area contributed by atoms with Crippen molar-refractivity contribution in [1.29, 1.82) is 0 Å². The van der Waals surface area contributed by atoms with Crippen molar-refractivity contribution < 1.29 is 19.1 Å². The molecule has 0 radical (unpaired) electrons. The van der Waals surface area contributed by atoms with Gasteiger partial charge in [0, 0.05) is 50.5 Å². The van der Waals surface area contributed by atoms with Crippen LogP contribution in [0.1, 0.15) is 117 Å². The molecule has 56 heavy (non-hydrogen) atoms. The standard InChI is InChI=1S/C42H52N10O4/c1-9-11-13-14-32(53)43-28-19-15-26(16-20-28)37-45-39-30(35(41(3,4)5)47-51(39)49-37)24-31-36(42(6,7)8)48-52-40(31)46-38(50-52)27-17-21-29(22-18-27)44-33(54)25-34(55)56-23-12-10-2/h15-22,24,48H,9-14,23,25H2,1-8H3,(H,43,53)(H,44,54). The van der Waals surface area contributed by atoms with Crippen LogP contribution in [0.4, 0.5) is 11.4 Å². The van der Waals surface area contributed by atoms with Gasteiger partial charge in [0.2, 0.25) is 11.8 Å². The number of hydrogen-bond donors (Lipinski definition) is 3. The highest BCUT2D eigenvalue weighted by Gasteiger charge is 2.28. The first-order chi connectivity index (χ1) is 26.6. The number of rotatable bonds is 14. The van der Waals surface area contributed by atoms with E-state index in [1.54, 1.807) is 21.4 Å². The van der Waals surface area contributed by atoms with Gasteiger partial charge in [-0.2, -0.15) is 9.73 Å². The zero-order valence-electron chi connectivity index (χ0n) is 33.6. The fourth-order valence-electron chi connectivity index (χ4n) is 6.31. The molecule has 0 aliphatic rings. The summed E-state index contributed by atoms with van der Waals surface area (Å²) in [6.45, 7) is 17.2. The minimum atomic E-state index is -0.546. The van der Waals surface area contributed by atoms with Crippen molar-refractivity contribution in [2.75, 3.05) is 17.2 Å². The molecule has 6 rings (SSSR count). The molecule has 0 unspecified atom stereocenters. The third-order valence-corrected chi connectivity index (χ3v) is 9.29. The number of benzene rings is 2. The molecule has 14 nitrogen and oxygen atoms in total. The number of esters is 1. The Morgan fingerprint density at radius 2 is 1.32 bits per heavy atom. The Labute approximate surface area is 326 Å². The van der Waals surface area contributed by atoms with E-state index in [4.69, 9.17) is 30.0 Å². The zero-order valence-corrected chi connectivity index (χ0v) is 33.6. The highest BCUT2D eigenvalue weighted by Crippen LogP contribution is 2.30. The van der Waals surface area contributed by atoms with Gasteiger partial charge >= 0.3 is 5.97 Å². The van der Waals surface area contributed by atoms with Crippen LogP contribution in [0.15, 0.2) is 48.5 Å². The van der Waals surface area contributed by atoms with Gasteiger partial charge in [-0.3, -0.25) is 19.5 Å². The molecule has 6 aromatic rings. The van der Waals surface area contributed by atoms with E-state index in [1.165, 1.54) is 0 Å². The number of carbonyl (C=O) groups is 3. The monoisotopic (exact) mass is 760 g/mol. The number of aromatic amines is 1. The van der Waals surface area contributed by atoms with Gasteiger partial charge in [0.05, 0.1) is 18.0 Å². The van der Waals surface area contributed by atoms with E-state index < -0.39 is 11.9 Å². The minimum Gasteiger partial charge on any atom is -0.465 e. The van der Waals surface area contributed by atoms with Gasteiger partial charge in [-0.25, -0.2) is 9.97 Å². The molecule has 2 aromatic carbocycles. The van der Waals surface area contributed by atoms with Crippen molar-refractivity contribution in [2.45, 2.75) is 111 Å². The van der Waals surface area contributed by atoms with Crippen molar-refractivity contribution in [3.8, 4) is 22.8 Å². The summed E-state index contributed by atoms with van der Waals surface area (Å²) in [5.74, 6) is 0.0425. The maximum absolute atomic E-state index is 12.4. The Bertz CT molecular complexity index is 2390. The average Bonchev–Trinajstić information content (AvgIpc) is 3.90. The maximum Gasteiger partial charge on any atom is 0.315 e. The third-order valence-electron chi connectivity index (χ3n) is 9.29. The molecule has 14 heteroatoms. The number of ether oxygens (including phenoxy) is 1. The van der Waals surface area contributed by atoms with E-state index in [2.05, 4.69) is 70.3 Å². The molecular weight excluding hydrogens is 709 g/mol. The van der Waals surface area contributed by atoms with E-state index in [0.717, 1.165) is 71.1 Å². The molecule has 0 bridgehead atoms. The number of unbranched alkanes of at least 4 members (excludes halogenated alkanes) is 3. The molecule has 4 heterocycles. The molecule has 0 saturated heterocycles. The van der Waals surface area contributed by atoms with Gasteiger partial charge in [-0.1, -0.05) is 74.7 Å². The van der Waals surface area contributed by atoms with Crippen LogP contribution in [0.25, 0.3) is 40.1 Å². The van der Waals surface area contributed by atoms with Crippen LogP contribution in [0.2, 0.25) is 0 Å². The number of H-pyrrole nitrogens is 1. The summed E-state index contributed by atoms with van der Waals surface area (Å²) in [6.07, 6.45) is 6.88. The molecule has 0 atom stereocenters. The first-order valence-corrected chi connectivity index (χ1v) is 19.4. The molecule has 2 amide bonds. The number of carbonyl (C=O) groups excluding carboxylic acids is 3. The first kappa shape index (κ1) is 39.8. The third kappa shape index (κ3) is 9.12. The van der Waals surface area contributed by atoms with Crippen molar-refractivity contribution in [2.24, 2.45) is 0 Å². The van der Waals surface area contributed by atoms with E-state index in [9.17, 15) is 14.4 Å². The molecule has 0 aliphatic carbocycles. The maximum atomic E-state index is 12.4. The second kappa shape index (κ2) is 16.4. The van der Waals surface area contributed by atoms with Crippen LogP contribution in [0, 0.1) is 0 Å². The second-order valence-electron chi connectivity index (χ2n) is 16.2. The number of nitrogens with zero attached hydrogens (tertiary/aromatic N) is 7. The largest absolute Gasteiger partial charge is 0.465 e. The Morgan fingerprint density at radius 1 is 0.732 bits per heavy atom. The number of nitrogens with one attached hydrogen (secondary N) is 3. The van der Waals surface area contributed by atoms with Gasteiger partial charge in [-0.15, -0.1) is 14.8 Å². The topological polar surface area (TPSA) is 174 Å². The summed E-state index contributed by atoms with van der Waals surface area (Å²) >= 11 is 0. The Hall–Kier alpha value is -5.92. The first-order valence-electron chi connectivity index (χ1n) is 19.4. The SMILES string of the molecule is CCCCCC(=O)Nc1ccc(-c2nc3c(=Cc4c(C(C)(C)C)[nH]n5nc(-c6ccc(NC(=O)CC(=O)OCCCC)cc6)nc45)c(C(C)(C)C)nn3n2)cc1. The lowest BCUT2D eigenvalue weighted by Crippen LogP contribution is -2.22. The summed E-state index contributed by atoms with van der Waals surface area (Å²) in [7, 11) is 0. The summed E-state index contributed by atoms with van der Waals surface area (Å²) < 4.78 is 8.38. The van der Waals surface area contributed by atoms with Crippen LogP contribution in [0.5, 0.6) is 0 Å². The molecule has 0 spiro atoms. The van der Waals surface area contributed by atoms with E-state index in [0.29, 0.717) is 41.7 Å². The number of fused-ring (bicyclic) bond motifs is 2.